The van der Waals surface area contributed by atoms with Gasteiger partial charge in [0, 0.05) is 0 Å². The van der Waals surface area contributed by atoms with E-state index in [-0.39, 0.29) is 17.8 Å². The van der Waals surface area contributed by atoms with Crippen molar-refractivity contribution in [2.45, 2.75) is 12.2 Å². The van der Waals surface area contributed by atoms with Gasteiger partial charge in [0.25, 0.3) is 0 Å². The number of halogens is 1. The van der Waals surface area contributed by atoms with Crippen molar-refractivity contribution in [1.82, 2.24) is 0 Å². The van der Waals surface area contributed by atoms with Crippen LogP contribution in [0.4, 0.5) is 0 Å². The minimum absolute atomic E-state index is 0.0663. The number of ether oxygens (including phenoxy) is 2. The second-order valence-electron chi connectivity index (χ2n) is 3.51. The average molecular weight is 243 g/mol. The standard InChI is InChI=1S/C11H11ClO4/c12-5-9(10-6-15-10)16-8-3-1-7(2-4-8)11(13)14/h1-4,9-10H,5-6H2,(H,13,14). The first-order valence-corrected chi connectivity index (χ1v) is 5.41. The zero-order chi connectivity index (χ0) is 11.5. The van der Waals surface area contributed by atoms with Crippen molar-refractivity contribution in [2.75, 3.05) is 12.5 Å². The maximum absolute atomic E-state index is 10.6. The van der Waals surface area contributed by atoms with Crippen LogP contribution >= 0.6 is 11.6 Å². The second kappa shape index (κ2) is 4.72. The van der Waals surface area contributed by atoms with Crippen LogP contribution in [-0.4, -0.2) is 35.8 Å². The largest absolute Gasteiger partial charge is 0.486 e. The normalized spacial score (nSPS) is 20.2. The molecule has 0 aromatic heterocycles. The molecular formula is C11H11ClO4. The SMILES string of the molecule is O=C(O)c1ccc(OC(CCl)C2CO2)cc1. The molecule has 5 heteroatoms. The molecule has 0 spiro atoms. The molecular weight excluding hydrogens is 232 g/mol. The number of hydrogen-bond acceptors (Lipinski definition) is 3. The number of carboxylic acids is 1. The van der Waals surface area contributed by atoms with Gasteiger partial charge in [0.1, 0.15) is 18.0 Å². The number of benzene rings is 1. The summed E-state index contributed by atoms with van der Waals surface area (Å²) in [4.78, 5) is 10.6. The summed E-state index contributed by atoms with van der Waals surface area (Å²) in [6, 6.07) is 6.23. The molecule has 0 bridgehead atoms. The lowest BCUT2D eigenvalue weighted by Gasteiger charge is -2.14. The van der Waals surface area contributed by atoms with Crippen LogP contribution in [0.1, 0.15) is 10.4 Å². The second-order valence-corrected chi connectivity index (χ2v) is 3.82. The van der Waals surface area contributed by atoms with Crippen molar-refractivity contribution in [1.29, 1.82) is 0 Å². The van der Waals surface area contributed by atoms with Crippen LogP contribution in [0.5, 0.6) is 5.75 Å². The van der Waals surface area contributed by atoms with Gasteiger partial charge in [-0.3, -0.25) is 0 Å². The fourth-order valence-corrected chi connectivity index (χ4v) is 1.59. The molecule has 1 fully saturated rings. The summed E-state index contributed by atoms with van der Waals surface area (Å²) in [6.07, 6.45) is -0.103. The lowest BCUT2D eigenvalue weighted by molar-refractivity contribution is 0.0697. The number of rotatable bonds is 5. The minimum Gasteiger partial charge on any atom is -0.486 e. The first kappa shape index (κ1) is 11.2. The van der Waals surface area contributed by atoms with Gasteiger partial charge in [0.15, 0.2) is 0 Å². The summed E-state index contributed by atoms with van der Waals surface area (Å²) in [6.45, 7) is 0.671. The summed E-state index contributed by atoms with van der Waals surface area (Å²) < 4.78 is 10.7. The molecule has 16 heavy (non-hydrogen) atoms. The van der Waals surface area contributed by atoms with Crippen LogP contribution in [0.2, 0.25) is 0 Å². The van der Waals surface area contributed by atoms with E-state index in [1.807, 2.05) is 0 Å². The number of alkyl halides is 1. The molecule has 1 saturated heterocycles. The monoisotopic (exact) mass is 242 g/mol. The van der Waals surface area contributed by atoms with Crippen molar-refractivity contribution in [3.63, 3.8) is 0 Å². The number of carboxylic acid groups (broad SMARTS) is 1. The quantitative estimate of drug-likeness (QED) is 0.632. The third-order valence-corrected chi connectivity index (χ3v) is 2.62. The van der Waals surface area contributed by atoms with E-state index in [2.05, 4.69) is 0 Å². The maximum Gasteiger partial charge on any atom is 0.335 e. The Kier molecular flexibility index (Phi) is 3.31. The van der Waals surface area contributed by atoms with E-state index in [9.17, 15) is 4.79 Å². The molecule has 2 rings (SSSR count). The fraction of sp³-hybridized carbons (Fsp3) is 0.364. The minimum atomic E-state index is -0.953. The predicted molar refractivity (Wildman–Crippen MR) is 58.3 cm³/mol. The Hall–Kier alpha value is -1.26. The van der Waals surface area contributed by atoms with Gasteiger partial charge in [-0.05, 0) is 24.3 Å². The van der Waals surface area contributed by atoms with Crippen molar-refractivity contribution in [3.8, 4) is 5.75 Å². The van der Waals surface area contributed by atoms with Gasteiger partial charge in [-0.15, -0.1) is 11.6 Å². The van der Waals surface area contributed by atoms with Crippen LogP contribution in [0, 0.1) is 0 Å². The fourth-order valence-electron chi connectivity index (χ4n) is 1.33. The van der Waals surface area contributed by atoms with E-state index in [4.69, 9.17) is 26.2 Å². The molecule has 1 aliphatic rings. The number of aromatic carboxylic acids is 1. The van der Waals surface area contributed by atoms with Gasteiger partial charge in [0.2, 0.25) is 0 Å². The zero-order valence-corrected chi connectivity index (χ0v) is 9.18. The van der Waals surface area contributed by atoms with Crippen molar-refractivity contribution < 1.29 is 19.4 Å². The summed E-state index contributed by atoms with van der Waals surface area (Å²) in [5, 5.41) is 8.72. The summed E-state index contributed by atoms with van der Waals surface area (Å²) >= 11 is 5.74. The van der Waals surface area contributed by atoms with Crippen molar-refractivity contribution in [3.05, 3.63) is 29.8 Å². The van der Waals surface area contributed by atoms with Crippen molar-refractivity contribution in [2.24, 2.45) is 0 Å². The lowest BCUT2D eigenvalue weighted by Crippen LogP contribution is -2.25. The third kappa shape index (κ3) is 2.65. The first-order valence-electron chi connectivity index (χ1n) is 4.88. The molecule has 0 aliphatic carbocycles. The molecule has 1 heterocycles. The van der Waals surface area contributed by atoms with E-state index in [0.717, 1.165) is 0 Å². The van der Waals surface area contributed by atoms with Gasteiger partial charge >= 0.3 is 5.97 Å². The zero-order valence-electron chi connectivity index (χ0n) is 8.43. The lowest BCUT2D eigenvalue weighted by atomic mass is 10.2. The molecule has 1 aromatic carbocycles. The Morgan fingerprint density at radius 3 is 2.62 bits per heavy atom. The summed E-state index contributed by atoms with van der Waals surface area (Å²) in [7, 11) is 0. The Morgan fingerprint density at radius 2 is 2.19 bits per heavy atom. The third-order valence-electron chi connectivity index (χ3n) is 2.31. The van der Waals surface area contributed by atoms with Crippen molar-refractivity contribution >= 4 is 17.6 Å². The van der Waals surface area contributed by atoms with Crippen LogP contribution in [0.15, 0.2) is 24.3 Å². The van der Waals surface area contributed by atoms with Gasteiger partial charge in [-0.25, -0.2) is 4.79 Å². The molecule has 1 aliphatic heterocycles. The van der Waals surface area contributed by atoms with Crippen LogP contribution in [0.25, 0.3) is 0 Å². The molecule has 2 unspecified atom stereocenters. The molecule has 0 radical (unpaired) electrons. The number of hydrogen-bond donors (Lipinski definition) is 1. The van der Waals surface area contributed by atoms with E-state index in [1.54, 1.807) is 12.1 Å². The molecule has 1 aromatic rings. The van der Waals surface area contributed by atoms with E-state index in [0.29, 0.717) is 18.2 Å². The Labute approximate surface area is 97.7 Å². The Morgan fingerprint density at radius 1 is 1.56 bits per heavy atom. The molecule has 0 saturated carbocycles. The Balaban J connectivity index is 2.01. The molecule has 2 atom stereocenters. The maximum atomic E-state index is 10.6. The summed E-state index contributed by atoms with van der Waals surface area (Å²) in [5.41, 5.74) is 0.234. The molecule has 1 N–H and O–H groups in total. The number of epoxide rings is 1. The molecule has 4 nitrogen and oxygen atoms in total. The highest BCUT2D eigenvalue weighted by molar-refractivity contribution is 6.18. The van der Waals surface area contributed by atoms with E-state index >= 15 is 0 Å². The van der Waals surface area contributed by atoms with Gasteiger partial charge in [0.05, 0.1) is 18.1 Å². The summed E-state index contributed by atoms with van der Waals surface area (Å²) in [5.74, 6) is 0.00264. The van der Waals surface area contributed by atoms with Crippen LogP contribution in [-0.2, 0) is 4.74 Å². The van der Waals surface area contributed by atoms with Crippen LogP contribution in [0.3, 0.4) is 0 Å². The topological polar surface area (TPSA) is 59.1 Å². The molecule has 0 amide bonds. The van der Waals surface area contributed by atoms with Crippen LogP contribution < -0.4 is 4.74 Å². The highest BCUT2D eigenvalue weighted by Crippen LogP contribution is 2.22. The van der Waals surface area contributed by atoms with E-state index < -0.39 is 5.97 Å². The highest BCUT2D eigenvalue weighted by Gasteiger charge is 2.33. The smallest absolute Gasteiger partial charge is 0.335 e. The average Bonchev–Trinajstić information content (AvgIpc) is 3.10. The highest BCUT2D eigenvalue weighted by atomic mass is 35.5. The van der Waals surface area contributed by atoms with Gasteiger partial charge < -0.3 is 14.6 Å². The molecule has 86 valence electrons. The predicted octanol–water partition coefficient (Wildman–Crippen LogP) is 1.77. The van der Waals surface area contributed by atoms with Gasteiger partial charge in [-0.1, -0.05) is 0 Å². The first-order chi connectivity index (χ1) is 7.70. The Bertz CT molecular complexity index is 372. The number of carbonyl (C=O) groups is 1. The van der Waals surface area contributed by atoms with E-state index in [1.165, 1.54) is 12.1 Å². The van der Waals surface area contributed by atoms with Gasteiger partial charge in [-0.2, -0.15) is 0 Å².